The van der Waals surface area contributed by atoms with E-state index in [1.807, 2.05) is 6.07 Å². The van der Waals surface area contributed by atoms with E-state index in [4.69, 9.17) is 11.6 Å². The van der Waals surface area contributed by atoms with Crippen LogP contribution in [0.25, 0.3) is 0 Å². The summed E-state index contributed by atoms with van der Waals surface area (Å²) in [5, 5.41) is 4.29. The van der Waals surface area contributed by atoms with E-state index in [9.17, 15) is 0 Å². The summed E-state index contributed by atoms with van der Waals surface area (Å²) in [7, 11) is 2.05. The van der Waals surface area contributed by atoms with Crippen LogP contribution in [0.2, 0.25) is 5.02 Å². The Morgan fingerprint density at radius 1 is 1.33 bits per heavy atom. The summed E-state index contributed by atoms with van der Waals surface area (Å²) < 4.78 is 1.06. The highest BCUT2D eigenvalue weighted by Gasteiger charge is 2.27. The van der Waals surface area contributed by atoms with E-state index in [-0.39, 0.29) is 0 Å². The Labute approximate surface area is 123 Å². The van der Waals surface area contributed by atoms with E-state index in [1.165, 1.54) is 31.2 Å². The molecule has 0 aliphatic heterocycles. The molecule has 0 aromatic heterocycles. The predicted molar refractivity (Wildman–Crippen MR) is 82.1 cm³/mol. The van der Waals surface area contributed by atoms with E-state index in [2.05, 4.69) is 47.4 Å². The van der Waals surface area contributed by atoms with Gasteiger partial charge in [0.15, 0.2) is 0 Å². The molecular formula is C15H21BrClN. The highest BCUT2D eigenvalue weighted by Crippen LogP contribution is 2.38. The Hall–Kier alpha value is -0.0500. The molecule has 3 unspecified atom stereocenters. The second-order valence-electron chi connectivity index (χ2n) is 5.50. The first-order chi connectivity index (χ1) is 8.60. The van der Waals surface area contributed by atoms with Crippen molar-refractivity contribution >= 4 is 27.5 Å². The summed E-state index contributed by atoms with van der Waals surface area (Å²) in [6, 6.07) is 6.64. The van der Waals surface area contributed by atoms with Crippen LogP contribution in [-0.4, -0.2) is 7.05 Å². The monoisotopic (exact) mass is 329 g/mol. The van der Waals surface area contributed by atoms with Gasteiger partial charge in [-0.15, -0.1) is 0 Å². The molecule has 0 heterocycles. The number of hydrogen-bond donors (Lipinski definition) is 1. The lowest BCUT2D eigenvalue weighted by Crippen LogP contribution is -2.29. The third-order valence-corrected chi connectivity index (χ3v) is 4.68. The molecule has 100 valence electrons. The molecule has 1 N–H and O–H groups in total. The van der Waals surface area contributed by atoms with Gasteiger partial charge in [-0.2, -0.15) is 0 Å². The van der Waals surface area contributed by atoms with Gasteiger partial charge in [0.05, 0.1) is 0 Å². The number of rotatable bonds is 3. The van der Waals surface area contributed by atoms with Crippen molar-refractivity contribution in [3.05, 3.63) is 33.3 Å². The Morgan fingerprint density at radius 2 is 2.11 bits per heavy atom. The molecule has 1 aliphatic carbocycles. The van der Waals surface area contributed by atoms with Crippen molar-refractivity contribution < 1.29 is 0 Å². The molecule has 0 radical (unpaired) electrons. The molecule has 1 fully saturated rings. The van der Waals surface area contributed by atoms with Gasteiger partial charge in [-0.05, 0) is 55.5 Å². The second-order valence-corrected chi connectivity index (χ2v) is 6.85. The van der Waals surface area contributed by atoms with Crippen molar-refractivity contribution in [2.75, 3.05) is 7.05 Å². The van der Waals surface area contributed by atoms with Crippen molar-refractivity contribution in [3.63, 3.8) is 0 Å². The van der Waals surface area contributed by atoms with Gasteiger partial charge in [0.25, 0.3) is 0 Å². The van der Waals surface area contributed by atoms with Crippen LogP contribution >= 0.6 is 27.5 Å². The zero-order valence-corrected chi connectivity index (χ0v) is 13.4. The standard InChI is InChI=1S/C15H21BrClN/c1-10-4-3-5-11(6-10)15(18-2)12-7-13(16)9-14(17)8-12/h7-11,15,18H,3-6H2,1-2H3. The Bertz CT molecular complexity index is 387. The van der Waals surface area contributed by atoms with Crippen LogP contribution in [0, 0.1) is 11.8 Å². The molecule has 0 bridgehead atoms. The molecule has 18 heavy (non-hydrogen) atoms. The first-order valence-corrected chi connectivity index (χ1v) is 7.90. The largest absolute Gasteiger partial charge is 0.313 e. The van der Waals surface area contributed by atoms with Crippen LogP contribution < -0.4 is 5.32 Å². The fraction of sp³-hybridized carbons (Fsp3) is 0.600. The third kappa shape index (κ3) is 3.49. The van der Waals surface area contributed by atoms with Crippen molar-refractivity contribution in [1.29, 1.82) is 0 Å². The van der Waals surface area contributed by atoms with Gasteiger partial charge >= 0.3 is 0 Å². The maximum atomic E-state index is 6.16. The van der Waals surface area contributed by atoms with E-state index < -0.39 is 0 Å². The van der Waals surface area contributed by atoms with Crippen LogP contribution in [0.1, 0.15) is 44.2 Å². The molecule has 2 rings (SSSR count). The van der Waals surface area contributed by atoms with Crippen molar-refractivity contribution in [1.82, 2.24) is 5.32 Å². The summed E-state index contributed by atoms with van der Waals surface area (Å²) in [5.74, 6) is 1.58. The summed E-state index contributed by atoms with van der Waals surface area (Å²) in [6.07, 6.45) is 5.37. The van der Waals surface area contributed by atoms with Crippen LogP contribution in [0.4, 0.5) is 0 Å². The van der Waals surface area contributed by atoms with Crippen LogP contribution in [-0.2, 0) is 0 Å². The van der Waals surface area contributed by atoms with Crippen molar-refractivity contribution in [2.45, 2.75) is 38.6 Å². The minimum Gasteiger partial charge on any atom is -0.313 e. The third-order valence-electron chi connectivity index (χ3n) is 4.00. The lowest BCUT2D eigenvalue weighted by Gasteiger charge is -2.33. The normalized spacial score (nSPS) is 26.0. The Kier molecular flexibility index (Phi) is 5.11. The number of nitrogens with one attached hydrogen (secondary N) is 1. The van der Waals surface area contributed by atoms with Crippen LogP contribution in [0.15, 0.2) is 22.7 Å². The van der Waals surface area contributed by atoms with Gasteiger partial charge in [-0.3, -0.25) is 0 Å². The number of halogens is 2. The molecule has 0 saturated heterocycles. The van der Waals surface area contributed by atoms with E-state index >= 15 is 0 Å². The lowest BCUT2D eigenvalue weighted by atomic mass is 9.77. The highest BCUT2D eigenvalue weighted by molar-refractivity contribution is 9.10. The molecular weight excluding hydrogens is 310 g/mol. The van der Waals surface area contributed by atoms with Gasteiger partial charge in [-0.1, -0.05) is 47.3 Å². The van der Waals surface area contributed by atoms with Gasteiger partial charge in [0.1, 0.15) is 0 Å². The van der Waals surface area contributed by atoms with Gasteiger partial charge in [0, 0.05) is 15.5 Å². The summed E-state index contributed by atoms with van der Waals surface area (Å²) in [5.41, 5.74) is 1.30. The quantitative estimate of drug-likeness (QED) is 0.804. The molecule has 0 amide bonds. The topological polar surface area (TPSA) is 12.0 Å². The minimum absolute atomic E-state index is 0.419. The van der Waals surface area contributed by atoms with Crippen molar-refractivity contribution in [3.8, 4) is 0 Å². The Balaban J connectivity index is 2.21. The zero-order valence-electron chi connectivity index (χ0n) is 11.0. The molecule has 0 spiro atoms. The Morgan fingerprint density at radius 3 is 2.72 bits per heavy atom. The minimum atomic E-state index is 0.419. The van der Waals surface area contributed by atoms with Gasteiger partial charge in [-0.25, -0.2) is 0 Å². The van der Waals surface area contributed by atoms with Gasteiger partial charge in [0.2, 0.25) is 0 Å². The zero-order chi connectivity index (χ0) is 13.1. The average Bonchev–Trinajstić information content (AvgIpc) is 2.28. The van der Waals surface area contributed by atoms with E-state index in [0.29, 0.717) is 6.04 Å². The molecule has 1 nitrogen and oxygen atoms in total. The maximum Gasteiger partial charge on any atom is 0.0420 e. The highest BCUT2D eigenvalue weighted by atomic mass is 79.9. The summed E-state index contributed by atoms with van der Waals surface area (Å²) >= 11 is 9.70. The fourth-order valence-electron chi connectivity index (χ4n) is 3.21. The molecule has 3 heteroatoms. The molecule has 1 aromatic rings. The summed E-state index contributed by atoms with van der Waals surface area (Å²) in [4.78, 5) is 0. The van der Waals surface area contributed by atoms with Crippen molar-refractivity contribution in [2.24, 2.45) is 11.8 Å². The molecule has 3 atom stereocenters. The maximum absolute atomic E-state index is 6.16. The lowest BCUT2D eigenvalue weighted by molar-refractivity contribution is 0.230. The smallest absolute Gasteiger partial charge is 0.0420 e. The number of benzene rings is 1. The van der Waals surface area contributed by atoms with E-state index in [0.717, 1.165) is 21.3 Å². The number of hydrogen-bond acceptors (Lipinski definition) is 1. The van der Waals surface area contributed by atoms with Gasteiger partial charge < -0.3 is 5.32 Å². The van der Waals surface area contributed by atoms with E-state index in [1.54, 1.807) is 0 Å². The fourth-order valence-corrected chi connectivity index (χ4v) is 4.10. The summed E-state index contributed by atoms with van der Waals surface area (Å²) in [6.45, 7) is 2.37. The SMILES string of the molecule is CNC(c1cc(Cl)cc(Br)c1)C1CCCC(C)C1. The van der Waals surface area contributed by atoms with Crippen LogP contribution in [0.5, 0.6) is 0 Å². The first-order valence-electron chi connectivity index (χ1n) is 6.73. The molecule has 1 saturated carbocycles. The average molecular weight is 331 g/mol. The molecule has 1 aliphatic rings. The predicted octanol–water partition coefficient (Wildman–Crippen LogP) is 5.19. The first kappa shape index (κ1) is 14.4. The second kappa shape index (κ2) is 6.40. The molecule has 1 aromatic carbocycles. The van der Waals surface area contributed by atoms with Crippen LogP contribution in [0.3, 0.4) is 0 Å².